The largest absolute Gasteiger partial charge is 0.341 e. The van der Waals surface area contributed by atoms with Crippen molar-refractivity contribution in [3.8, 4) is 0 Å². The fraction of sp³-hybridized carbons (Fsp3) is 0.500. The van der Waals surface area contributed by atoms with E-state index in [1.165, 1.54) is 4.90 Å². The fourth-order valence-corrected chi connectivity index (χ4v) is 2.95. The molecule has 6 heteroatoms. The van der Waals surface area contributed by atoms with E-state index in [2.05, 4.69) is 0 Å². The molecule has 2 amide bonds. The van der Waals surface area contributed by atoms with Gasteiger partial charge in [0.2, 0.25) is 11.8 Å². The molecule has 120 valence electrons. The van der Waals surface area contributed by atoms with Gasteiger partial charge < -0.3 is 9.80 Å². The molecule has 0 spiro atoms. The molecule has 0 unspecified atom stereocenters. The van der Waals surface area contributed by atoms with Gasteiger partial charge in [-0.2, -0.15) is 0 Å². The lowest BCUT2D eigenvalue weighted by Gasteiger charge is -2.21. The summed E-state index contributed by atoms with van der Waals surface area (Å²) in [5.74, 6) is -0.0438. The molecule has 0 atom stereocenters. The van der Waals surface area contributed by atoms with Gasteiger partial charge in [-0.3, -0.25) is 9.59 Å². The number of halogens is 2. The zero-order valence-corrected chi connectivity index (χ0v) is 14.2. The Kier molecular flexibility index (Phi) is 6.09. The summed E-state index contributed by atoms with van der Waals surface area (Å²) in [6, 6.07) is 5.39. The van der Waals surface area contributed by atoms with Crippen LogP contribution < -0.4 is 0 Å². The molecule has 22 heavy (non-hydrogen) atoms. The zero-order valence-electron chi connectivity index (χ0n) is 12.6. The highest BCUT2D eigenvalue weighted by atomic mass is 35.5. The first kappa shape index (κ1) is 17.1. The summed E-state index contributed by atoms with van der Waals surface area (Å²) in [4.78, 5) is 27.5. The van der Waals surface area contributed by atoms with Crippen LogP contribution in [0.15, 0.2) is 18.2 Å². The number of carbonyl (C=O) groups is 2. The van der Waals surface area contributed by atoms with Gasteiger partial charge in [0, 0.05) is 26.6 Å². The number of carbonyl (C=O) groups excluding carboxylic acids is 2. The van der Waals surface area contributed by atoms with Crippen molar-refractivity contribution in [3.63, 3.8) is 0 Å². The number of hydrogen-bond donors (Lipinski definition) is 0. The molecule has 0 bridgehead atoms. The van der Waals surface area contributed by atoms with Crippen LogP contribution >= 0.6 is 23.2 Å². The third-order valence-electron chi connectivity index (χ3n) is 3.90. The molecule has 4 nitrogen and oxygen atoms in total. The Hall–Kier alpha value is -1.26. The molecule has 0 aromatic heterocycles. The number of aryl methyl sites for hydroxylation is 1. The lowest BCUT2D eigenvalue weighted by Crippen LogP contribution is -2.39. The summed E-state index contributed by atoms with van der Waals surface area (Å²) in [5, 5.41) is 0.983. The Morgan fingerprint density at radius 2 is 1.91 bits per heavy atom. The molecule has 1 aromatic rings. The summed E-state index contributed by atoms with van der Waals surface area (Å²) in [5.41, 5.74) is 0.849. The molecule has 1 aliphatic rings. The molecule has 1 heterocycles. The molecule has 2 rings (SSSR count). The average Bonchev–Trinajstić information content (AvgIpc) is 3.02. The van der Waals surface area contributed by atoms with Crippen LogP contribution in [0, 0.1) is 0 Å². The number of rotatable bonds is 5. The van der Waals surface area contributed by atoms with Crippen molar-refractivity contribution >= 4 is 35.0 Å². The van der Waals surface area contributed by atoms with Gasteiger partial charge >= 0.3 is 0 Å². The molecular formula is C16H20Cl2N2O2. The highest BCUT2D eigenvalue weighted by molar-refractivity contribution is 6.42. The Balaban J connectivity index is 1.83. The van der Waals surface area contributed by atoms with Crippen molar-refractivity contribution in [1.29, 1.82) is 0 Å². The predicted octanol–water partition coefficient (Wildman–Crippen LogP) is 3.01. The highest BCUT2D eigenvalue weighted by Gasteiger charge is 2.21. The number of amides is 2. The van der Waals surface area contributed by atoms with Gasteiger partial charge in [-0.1, -0.05) is 35.3 Å². The minimum absolute atomic E-state index is 0.0223. The summed E-state index contributed by atoms with van der Waals surface area (Å²) < 4.78 is 0. The van der Waals surface area contributed by atoms with E-state index in [0.29, 0.717) is 22.9 Å². The number of likely N-dealkylation sites (tertiary alicyclic amines) is 1. The first-order valence-electron chi connectivity index (χ1n) is 7.43. The van der Waals surface area contributed by atoms with E-state index in [1.807, 2.05) is 17.0 Å². The average molecular weight is 343 g/mol. The maximum absolute atomic E-state index is 12.1. The van der Waals surface area contributed by atoms with Crippen LogP contribution in [-0.2, 0) is 16.0 Å². The van der Waals surface area contributed by atoms with Crippen molar-refractivity contribution in [2.24, 2.45) is 0 Å². The molecular weight excluding hydrogens is 323 g/mol. The Morgan fingerprint density at radius 3 is 2.59 bits per heavy atom. The Morgan fingerprint density at radius 1 is 1.23 bits per heavy atom. The summed E-state index contributed by atoms with van der Waals surface area (Å²) in [7, 11) is 1.66. The maximum atomic E-state index is 12.1. The second kappa shape index (κ2) is 7.84. The van der Waals surface area contributed by atoms with Gasteiger partial charge in [0.05, 0.1) is 16.6 Å². The van der Waals surface area contributed by atoms with Crippen LogP contribution in [0.2, 0.25) is 10.0 Å². The van der Waals surface area contributed by atoms with Crippen LogP contribution in [0.5, 0.6) is 0 Å². The molecule has 1 aromatic carbocycles. The second-order valence-electron chi connectivity index (χ2n) is 5.55. The lowest BCUT2D eigenvalue weighted by atomic mass is 10.1. The van der Waals surface area contributed by atoms with Crippen LogP contribution in [0.4, 0.5) is 0 Å². The van der Waals surface area contributed by atoms with Gasteiger partial charge in [-0.15, -0.1) is 0 Å². The molecule has 1 saturated heterocycles. The van der Waals surface area contributed by atoms with E-state index in [-0.39, 0.29) is 18.4 Å². The van der Waals surface area contributed by atoms with E-state index in [4.69, 9.17) is 23.2 Å². The number of hydrogen-bond acceptors (Lipinski definition) is 2. The minimum atomic E-state index is -0.0661. The molecule has 1 aliphatic heterocycles. The summed E-state index contributed by atoms with van der Waals surface area (Å²) >= 11 is 12.1. The van der Waals surface area contributed by atoms with Gasteiger partial charge in [-0.25, -0.2) is 0 Å². The van der Waals surface area contributed by atoms with Gasteiger partial charge in [-0.05, 0) is 30.9 Å². The van der Waals surface area contributed by atoms with Gasteiger partial charge in [0.25, 0.3) is 0 Å². The predicted molar refractivity (Wildman–Crippen MR) is 88.2 cm³/mol. The standard InChI is InChI=1S/C16H20Cl2N2O2/c1-19(11-15(22)20-9-2-3-10-20)14(21)8-7-12-5-4-6-13(17)16(12)18/h4-6H,2-3,7-11H2,1H3. The molecule has 0 saturated carbocycles. The third-order valence-corrected chi connectivity index (χ3v) is 4.75. The first-order chi connectivity index (χ1) is 10.5. The van der Waals surface area contributed by atoms with Gasteiger partial charge in [0.1, 0.15) is 0 Å². The number of benzene rings is 1. The molecule has 0 radical (unpaired) electrons. The molecule has 0 N–H and O–H groups in total. The Bertz CT molecular complexity index is 557. The molecule has 1 fully saturated rings. The van der Waals surface area contributed by atoms with Crippen LogP contribution in [-0.4, -0.2) is 48.3 Å². The molecule has 0 aliphatic carbocycles. The fourth-order valence-electron chi connectivity index (χ4n) is 2.53. The lowest BCUT2D eigenvalue weighted by molar-refractivity contribution is -0.138. The highest BCUT2D eigenvalue weighted by Crippen LogP contribution is 2.26. The van der Waals surface area contributed by atoms with E-state index in [1.54, 1.807) is 13.1 Å². The van der Waals surface area contributed by atoms with E-state index in [9.17, 15) is 9.59 Å². The number of likely N-dealkylation sites (N-methyl/N-ethyl adjacent to an activating group) is 1. The van der Waals surface area contributed by atoms with Crippen LogP contribution in [0.1, 0.15) is 24.8 Å². The van der Waals surface area contributed by atoms with E-state index in [0.717, 1.165) is 31.5 Å². The summed E-state index contributed by atoms with van der Waals surface area (Å²) in [6.45, 7) is 1.75. The first-order valence-corrected chi connectivity index (χ1v) is 8.19. The monoisotopic (exact) mass is 342 g/mol. The second-order valence-corrected chi connectivity index (χ2v) is 6.34. The maximum Gasteiger partial charge on any atom is 0.242 e. The van der Waals surface area contributed by atoms with Crippen molar-refractivity contribution < 1.29 is 9.59 Å². The smallest absolute Gasteiger partial charge is 0.242 e. The van der Waals surface area contributed by atoms with Crippen LogP contribution in [0.25, 0.3) is 0 Å². The Labute approximate surface area is 141 Å². The van der Waals surface area contributed by atoms with Crippen molar-refractivity contribution in [2.75, 3.05) is 26.7 Å². The number of nitrogens with zero attached hydrogens (tertiary/aromatic N) is 2. The van der Waals surface area contributed by atoms with Gasteiger partial charge in [0.15, 0.2) is 0 Å². The quantitative estimate of drug-likeness (QED) is 0.825. The van der Waals surface area contributed by atoms with Crippen LogP contribution in [0.3, 0.4) is 0 Å². The topological polar surface area (TPSA) is 40.6 Å². The normalized spacial score (nSPS) is 14.2. The van der Waals surface area contributed by atoms with Crippen molar-refractivity contribution in [3.05, 3.63) is 33.8 Å². The van der Waals surface area contributed by atoms with Crippen molar-refractivity contribution in [2.45, 2.75) is 25.7 Å². The van der Waals surface area contributed by atoms with Crippen molar-refractivity contribution in [1.82, 2.24) is 9.80 Å². The van der Waals surface area contributed by atoms with E-state index >= 15 is 0 Å². The van der Waals surface area contributed by atoms with E-state index < -0.39 is 0 Å². The minimum Gasteiger partial charge on any atom is -0.341 e. The summed E-state index contributed by atoms with van der Waals surface area (Å²) in [6.07, 6.45) is 2.93. The third kappa shape index (κ3) is 4.37. The zero-order chi connectivity index (χ0) is 16.1. The SMILES string of the molecule is CN(CC(=O)N1CCCC1)C(=O)CCc1cccc(Cl)c1Cl.